The third-order valence-electron chi connectivity index (χ3n) is 5.69. The van der Waals surface area contributed by atoms with Crippen LogP contribution < -0.4 is 15.8 Å². The Kier molecular flexibility index (Phi) is 6.98. The molecule has 2 heterocycles. The number of carbonyl (C=O) groups is 2. The highest BCUT2D eigenvalue weighted by Crippen LogP contribution is 2.26. The number of nitrogens with zero attached hydrogens (tertiary/aromatic N) is 2. The summed E-state index contributed by atoms with van der Waals surface area (Å²) in [6, 6.07) is 10.8. The first-order valence-corrected chi connectivity index (χ1v) is 11.1. The number of carbonyl (C=O) groups excluding carboxylic acids is 1. The van der Waals surface area contributed by atoms with Crippen LogP contribution in [0.25, 0.3) is 5.65 Å². The first-order chi connectivity index (χ1) is 17.2. The molecule has 0 aliphatic carbocycles. The lowest BCUT2D eigenvalue weighted by molar-refractivity contribution is 0.0696. The van der Waals surface area contributed by atoms with Gasteiger partial charge in [0.15, 0.2) is 11.4 Å². The standard InChI is InChI=1S/C26H24F2N4O4/c1-14-9-22(36-13-18-19(27)7-4-8-20(18)28)24-31-15(2)23(32(24)12-14)25(33)30-11-21(29)16-5-3-6-17(10-16)26(34)35/h3-10,12,21H,11,13,29H2,1-2H3,(H,30,33)(H,34,35). The maximum atomic E-state index is 14.0. The Labute approximate surface area is 205 Å². The molecular weight excluding hydrogens is 470 g/mol. The smallest absolute Gasteiger partial charge is 0.335 e. The number of carboxylic acid groups (broad SMARTS) is 1. The molecule has 2 aromatic carbocycles. The first kappa shape index (κ1) is 24.8. The van der Waals surface area contributed by atoms with Gasteiger partial charge in [-0.3, -0.25) is 9.20 Å². The number of benzene rings is 2. The number of pyridine rings is 1. The molecule has 2 aromatic heterocycles. The van der Waals surface area contributed by atoms with Crippen molar-refractivity contribution in [3.05, 3.63) is 100 Å². The lowest BCUT2D eigenvalue weighted by Gasteiger charge is -2.14. The summed E-state index contributed by atoms with van der Waals surface area (Å²) in [5, 5.41) is 11.9. The number of carboxylic acids is 1. The lowest BCUT2D eigenvalue weighted by Crippen LogP contribution is -2.33. The van der Waals surface area contributed by atoms with Gasteiger partial charge in [0.05, 0.1) is 16.8 Å². The molecule has 0 aliphatic heterocycles. The van der Waals surface area contributed by atoms with E-state index >= 15 is 0 Å². The van der Waals surface area contributed by atoms with Crippen molar-refractivity contribution in [2.45, 2.75) is 26.5 Å². The van der Waals surface area contributed by atoms with E-state index < -0.39 is 29.6 Å². The van der Waals surface area contributed by atoms with Crippen LogP contribution in [0.5, 0.6) is 5.75 Å². The van der Waals surface area contributed by atoms with E-state index in [1.54, 1.807) is 42.6 Å². The number of ether oxygens (including phenoxy) is 1. The van der Waals surface area contributed by atoms with Crippen molar-refractivity contribution in [2.75, 3.05) is 6.54 Å². The average molecular weight is 494 g/mol. The van der Waals surface area contributed by atoms with Gasteiger partial charge in [-0.15, -0.1) is 0 Å². The van der Waals surface area contributed by atoms with Crippen LogP contribution in [0.3, 0.4) is 0 Å². The Morgan fingerprint density at radius 2 is 1.83 bits per heavy atom. The van der Waals surface area contributed by atoms with E-state index in [9.17, 15) is 23.5 Å². The molecular formula is C26H24F2N4O4. The predicted octanol–water partition coefficient (Wildman–Crippen LogP) is 3.94. The van der Waals surface area contributed by atoms with Crippen LogP contribution in [0.4, 0.5) is 8.78 Å². The summed E-state index contributed by atoms with van der Waals surface area (Å²) < 4.78 is 35.3. The summed E-state index contributed by atoms with van der Waals surface area (Å²) >= 11 is 0. The van der Waals surface area contributed by atoms with Crippen LogP contribution >= 0.6 is 0 Å². The fourth-order valence-corrected chi connectivity index (χ4v) is 3.86. The van der Waals surface area contributed by atoms with Crippen LogP contribution in [-0.4, -0.2) is 32.9 Å². The largest absolute Gasteiger partial charge is 0.485 e. The second-order valence-electron chi connectivity index (χ2n) is 8.36. The normalized spacial score (nSPS) is 11.9. The van der Waals surface area contributed by atoms with Crippen molar-refractivity contribution in [1.29, 1.82) is 0 Å². The molecule has 0 saturated carbocycles. The Hall–Kier alpha value is -4.31. The maximum Gasteiger partial charge on any atom is 0.335 e. The molecule has 1 amide bonds. The van der Waals surface area contributed by atoms with Gasteiger partial charge in [-0.25, -0.2) is 18.6 Å². The summed E-state index contributed by atoms with van der Waals surface area (Å²) in [7, 11) is 0. The van der Waals surface area contributed by atoms with Crippen LogP contribution in [0.1, 0.15) is 49.3 Å². The van der Waals surface area contributed by atoms with Crippen molar-refractivity contribution in [2.24, 2.45) is 5.73 Å². The molecule has 0 saturated heterocycles. The number of rotatable bonds is 8. The van der Waals surface area contributed by atoms with E-state index in [0.717, 1.165) is 17.7 Å². The third-order valence-corrected chi connectivity index (χ3v) is 5.69. The summed E-state index contributed by atoms with van der Waals surface area (Å²) in [6.45, 7) is 3.15. The number of fused-ring (bicyclic) bond motifs is 1. The highest BCUT2D eigenvalue weighted by molar-refractivity contribution is 5.95. The Balaban J connectivity index is 1.56. The highest BCUT2D eigenvalue weighted by atomic mass is 19.1. The van der Waals surface area contributed by atoms with Gasteiger partial charge in [0.25, 0.3) is 5.91 Å². The van der Waals surface area contributed by atoms with E-state index in [1.165, 1.54) is 18.2 Å². The van der Waals surface area contributed by atoms with E-state index in [0.29, 0.717) is 16.9 Å². The van der Waals surface area contributed by atoms with E-state index in [1.807, 2.05) is 0 Å². The molecule has 186 valence electrons. The SMILES string of the molecule is Cc1cc(OCc2c(F)cccc2F)c2nc(C)c(C(=O)NCC(N)c3cccc(C(=O)O)c3)n2c1. The average Bonchev–Trinajstić information content (AvgIpc) is 3.17. The molecule has 0 aliphatic rings. The molecule has 0 bridgehead atoms. The Morgan fingerprint density at radius 1 is 1.14 bits per heavy atom. The summed E-state index contributed by atoms with van der Waals surface area (Å²) in [5.41, 5.74) is 8.36. The minimum atomic E-state index is -1.07. The first-order valence-electron chi connectivity index (χ1n) is 11.1. The number of hydrogen-bond acceptors (Lipinski definition) is 5. The number of hydrogen-bond donors (Lipinski definition) is 3. The molecule has 1 atom stereocenters. The third kappa shape index (κ3) is 5.03. The van der Waals surface area contributed by atoms with E-state index in [-0.39, 0.29) is 35.7 Å². The highest BCUT2D eigenvalue weighted by Gasteiger charge is 2.21. The lowest BCUT2D eigenvalue weighted by atomic mass is 10.0. The number of nitrogens with one attached hydrogen (secondary N) is 1. The number of halogens is 2. The van der Waals surface area contributed by atoms with Gasteiger partial charge in [0.2, 0.25) is 0 Å². The van der Waals surface area contributed by atoms with Gasteiger partial charge in [-0.1, -0.05) is 18.2 Å². The van der Waals surface area contributed by atoms with Crippen molar-refractivity contribution in [1.82, 2.24) is 14.7 Å². The molecule has 8 nitrogen and oxygen atoms in total. The summed E-state index contributed by atoms with van der Waals surface area (Å²) in [6.07, 6.45) is 1.71. The molecule has 36 heavy (non-hydrogen) atoms. The number of amides is 1. The fraction of sp³-hybridized carbons (Fsp3) is 0.192. The van der Waals surface area contributed by atoms with Gasteiger partial charge >= 0.3 is 5.97 Å². The zero-order valence-electron chi connectivity index (χ0n) is 19.6. The monoisotopic (exact) mass is 494 g/mol. The maximum absolute atomic E-state index is 14.0. The van der Waals surface area contributed by atoms with E-state index in [4.69, 9.17) is 10.5 Å². The minimum absolute atomic E-state index is 0.0519. The minimum Gasteiger partial charge on any atom is -0.485 e. The zero-order valence-corrected chi connectivity index (χ0v) is 19.6. The number of nitrogens with two attached hydrogens (primary N) is 1. The fourth-order valence-electron chi connectivity index (χ4n) is 3.86. The molecule has 4 aromatic rings. The summed E-state index contributed by atoms with van der Waals surface area (Å²) in [5.74, 6) is -2.68. The van der Waals surface area contributed by atoms with Crippen molar-refractivity contribution in [3.8, 4) is 5.75 Å². The molecule has 4 rings (SSSR count). The Bertz CT molecular complexity index is 1450. The van der Waals surface area contributed by atoms with E-state index in [2.05, 4.69) is 10.3 Å². The van der Waals surface area contributed by atoms with Gasteiger partial charge in [0, 0.05) is 18.8 Å². The second kappa shape index (κ2) is 10.1. The topological polar surface area (TPSA) is 119 Å². The molecule has 4 N–H and O–H groups in total. The molecule has 0 radical (unpaired) electrons. The zero-order chi connectivity index (χ0) is 26.0. The molecule has 0 fully saturated rings. The summed E-state index contributed by atoms with van der Waals surface area (Å²) in [4.78, 5) is 28.7. The van der Waals surface area contributed by atoms with Gasteiger partial charge in [-0.2, -0.15) is 0 Å². The van der Waals surface area contributed by atoms with Crippen LogP contribution in [0.15, 0.2) is 54.7 Å². The van der Waals surface area contributed by atoms with Crippen molar-refractivity contribution >= 4 is 17.5 Å². The molecule has 0 spiro atoms. The number of aromatic carboxylic acids is 1. The van der Waals surface area contributed by atoms with Crippen molar-refractivity contribution < 1.29 is 28.2 Å². The van der Waals surface area contributed by atoms with Crippen molar-refractivity contribution in [3.63, 3.8) is 0 Å². The molecule has 10 heteroatoms. The predicted molar refractivity (Wildman–Crippen MR) is 128 cm³/mol. The van der Waals surface area contributed by atoms with Crippen LogP contribution in [0.2, 0.25) is 0 Å². The van der Waals surface area contributed by atoms with Crippen LogP contribution in [0, 0.1) is 25.5 Å². The van der Waals surface area contributed by atoms with Gasteiger partial charge < -0.3 is 20.9 Å². The quantitative estimate of drug-likeness (QED) is 0.342. The molecule has 1 unspecified atom stereocenters. The number of imidazole rings is 1. The second-order valence-corrected chi connectivity index (χ2v) is 8.36. The number of aryl methyl sites for hydroxylation is 2. The number of aromatic nitrogens is 2. The van der Waals surface area contributed by atoms with Gasteiger partial charge in [0.1, 0.15) is 23.9 Å². The van der Waals surface area contributed by atoms with Gasteiger partial charge in [-0.05, 0) is 55.3 Å². The van der Waals surface area contributed by atoms with Crippen LogP contribution in [-0.2, 0) is 6.61 Å². The Morgan fingerprint density at radius 3 is 2.53 bits per heavy atom.